The first-order chi connectivity index (χ1) is 17.7. The molecule has 3 amide bonds. The summed E-state index contributed by atoms with van der Waals surface area (Å²) in [5.41, 5.74) is 0.553. The molecule has 1 fully saturated rings. The zero-order valence-electron chi connectivity index (χ0n) is 18.9. The normalized spacial score (nSPS) is 14.4. The van der Waals surface area contributed by atoms with Gasteiger partial charge in [-0.1, -0.05) is 24.3 Å². The number of nitrogens with zero attached hydrogens (tertiary/aromatic N) is 1. The monoisotopic (exact) mass is 519 g/mol. The summed E-state index contributed by atoms with van der Waals surface area (Å²) in [6.45, 7) is -0.393. The number of hydrogen-bond donors (Lipinski definition) is 3. The predicted octanol–water partition coefficient (Wildman–Crippen LogP) is 3.37. The SMILES string of the molecule is O=C(COc1ccccc1C=C1C(=O)NC(=S)N(c2cccc(C(=O)O)c2)C1=O)Nc1ccc(F)cc1. The molecule has 4 rings (SSSR count). The molecule has 0 spiro atoms. The lowest BCUT2D eigenvalue weighted by Gasteiger charge is -2.29. The number of aromatic carboxylic acids is 1. The number of ether oxygens (including phenoxy) is 1. The Kier molecular flexibility index (Phi) is 7.35. The maximum absolute atomic E-state index is 13.3. The first kappa shape index (κ1) is 25.2. The summed E-state index contributed by atoms with van der Waals surface area (Å²) < 4.78 is 18.7. The van der Waals surface area contributed by atoms with E-state index in [0.717, 1.165) is 4.90 Å². The molecular formula is C26H18FN3O6S. The Hall–Kier alpha value is -4.90. The summed E-state index contributed by atoms with van der Waals surface area (Å²) in [6, 6.07) is 17.2. The summed E-state index contributed by atoms with van der Waals surface area (Å²) in [7, 11) is 0. The lowest BCUT2D eigenvalue weighted by molar-refractivity contribution is -0.122. The van der Waals surface area contributed by atoms with Crippen molar-refractivity contribution in [3.8, 4) is 5.75 Å². The van der Waals surface area contributed by atoms with Crippen molar-refractivity contribution in [3.63, 3.8) is 0 Å². The molecule has 0 radical (unpaired) electrons. The Morgan fingerprint density at radius 3 is 2.51 bits per heavy atom. The van der Waals surface area contributed by atoms with Crippen molar-refractivity contribution in [1.82, 2.24) is 5.32 Å². The fourth-order valence-corrected chi connectivity index (χ4v) is 3.71. The summed E-state index contributed by atoms with van der Waals surface area (Å²) in [5, 5.41) is 14.1. The van der Waals surface area contributed by atoms with Crippen molar-refractivity contribution in [3.05, 3.63) is 95.3 Å². The highest BCUT2D eigenvalue weighted by molar-refractivity contribution is 7.80. The number of amides is 3. The van der Waals surface area contributed by atoms with Gasteiger partial charge in [-0.3, -0.25) is 24.6 Å². The number of carbonyl (C=O) groups excluding carboxylic acids is 3. The van der Waals surface area contributed by atoms with E-state index in [1.807, 2.05) is 0 Å². The number of carboxylic acid groups (broad SMARTS) is 1. The minimum atomic E-state index is -1.19. The van der Waals surface area contributed by atoms with Gasteiger partial charge in [0.1, 0.15) is 17.1 Å². The maximum atomic E-state index is 13.3. The van der Waals surface area contributed by atoms with E-state index < -0.39 is 36.1 Å². The van der Waals surface area contributed by atoms with Crippen molar-refractivity contribution in [2.75, 3.05) is 16.8 Å². The average Bonchev–Trinajstić information content (AvgIpc) is 2.87. The lowest BCUT2D eigenvalue weighted by Crippen LogP contribution is -2.54. The Bertz CT molecular complexity index is 1450. The largest absolute Gasteiger partial charge is 0.483 e. The number of anilines is 2. The van der Waals surface area contributed by atoms with Crippen LogP contribution in [0.3, 0.4) is 0 Å². The number of para-hydroxylation sites is 1. The van der Waals surface area contributed by atoms with Gasteiger partial charge in [-0.2, -0.15) is 0 Å². The van der Waals surface area contributed by atoms with Gasteiger partial charge in [0, 0.05) is 11.3 Å². The minimum Gasteiger partial charge on any atom is -0.483 e. The molecule has 0 unspecified atom stereocenters. The van der Waals surface area contributed by atoms with Gasteiger partial charge in [0.25, 0.3) is 17.7 Å². The average molecular weight is 520 g/mol. The smallest absolute Gasteiger partial charge is 0.335 e. The molecule has 1 aliphatic rings. The third kappa shape index (κ3) is 5.85. The number of carboxylic acids is 1. The van der Waals surface area contributed by atoms with Gasteiger partial charge in [-0.15, -0.1) is 0 Å². The molecule has 3 aromatic carbocycles. The standard InChI is InChI=1S/C26H18FN3O6S/c27-17-8-10-18(11-9-17)28-22(31)14-36-21-7-2-1-4-15(21)13-20-23(32)29-26(37)30(24(20)33)19-6-3-5-16(12-19)25(34)35/h1-13H,14H2,(H,28,31)(H,34,35)(H,29,32,37). The van der Waals surface area contributed by atoms with Crippen LogP contribution in [-0.4, -0.2) is 40.5 Å². The quantitative estimate of drug-likeness (QED) is 0.248. The highest BCUT2D eigenvalue weighted by Crippen LogP contribution is 2.26. The lowest BCUT2D eigenvalue weighted by atomic mass is 10.1. The molecule has 1 aliphatic heterocycles. The summed E-state index contributed by atoms with van der Waals surface area (Å²) >= 11 is 5.16. The fraction of sp³-hybridized carbons (Fsp3) is 0.0385. The van der Waals surface area contributed by atoms with Crippen LogP contribution in [0, 0.1) is 5.82 Å². The first-order valence-electron chi connectivity index (χ1n) is 10.7. The van der Waals surface area contributed by atoms with E-state index in [2.05, 4.69) is 10.6 Å². The molecule has 0 aromatic heterocycles. The topological polar surface area (TPSA) is 125 Å². The number of carbonyl (C=O) groups is 4. The van der Waals surface area contributed by atoms with Crippen LogP contribution in [0.4, 0.5) is 15.8 Å². The van der Waals surface area contributed by atoms with E-state index in [-0.39, 0.29) is 27.7 Å². The highest BCUT2D eigenvalue weighted by Gasteiger charge is 2.35. The molecule has 11 heteroatoms. The molecule has 0 bridgehead atoms. The van der Waals surface area contributed by atoms with Crippen molar-refractivity contribution in [2.24, 2.45) is 0 Å². The van der Waals surface area contributed by atoms with Gasteiger partial charge in [0.2, 0.25) is 0 Å². The molecule has 1 saturated heterocycles. The van der Waals surface area contributed by atoms with Gasteiger partial charge in [0.15, 0.2) is 11.7 Å². The number of nitrogens with one attached hydrogen (secondary N) is 2. The summed E-state index contributed by atoms with van der Waals surface area (Å²) in [6.07, 6.45) is 1.29. The molecule has 3 N–H and O–H groups in total. The van der Waals surface area contributed by atoms with Crippen molar-refractivity contribution in [2.45, 2.75) is 0 Å². The molecule has 0 atom stereocenters. The van der Waals surface area contributed by atoms with E-state index in [0.29, 0.717) is 11.3 Å². The third-order valence-electron chi connectivity index (χ3n) is 5.16. The molecule has 186 valence electrons. The van der Waals surface area contributed by atoms with Gasteiger partial charge >= 0.3 is 5.97 Å². The third-order valence-corrected chi connectivity index (χ3v) is 5.44. The second-order valence-electron chi connectivity index (χ2n) is 7.69. The van der Waals surface area contributed by atoms with E-state index in [1.165, 1.54) is 54.6 Å². The van der Waals surface area contributed by atoms with Gasteiger partial charge in [-0.05, 0) is 66.8 Å². The van der Waals surface area contributed by atoms with E-state index in [4.69, 9.17) is 17.0 Å². The number of benzene rings is 3. The molecule has 3 aromatic rings. The molecule has 0 aliphatic carbocycles. The molecule has 1 heterocycles. The zero-order valence-corrected chi connectivity index (χ0v) is 19.8. The molecule has 0 saturated carbocycles. The van der Waals surface area contributed by atoms with Crippen LogP contribution >= 0.6 is 12.2 Å². The van der Waals surface area contributed by atoms with Crippen LogP contribution in [0.1, 0.15) is 15.9 Å². The second kappa shape index (κ2) is 10.8. The van der Waals surface area contributed by atoms with Crippen molar-refractivity contribution in [1.29, 1.82) is 0 Å². The van der Waals surface area contributed by atoms with Gasteiger partial charge < -0.3 is 15.2 Å². The fourth-order valence-electron chi connectivity index (χ4n) is 3.43. The van der Waals surface area contributed by atoms with Gasteiger partial charge in [0.05, 0.1) is 11.3 Å². The minimum absolute atomic E-state index is 0.0619. The van der Waals surface area contributed by atoms with Crippen molar-refractivity contribution < 1.29 is 33.4 Å². The van der Waals surface area contributed by atoms with E-state index in [9.17, 15) is 28.7 Å². The first-order valence-corrected chi connectivity index (χ1v) is 11.2. The Balaban J connectivity index is 1.56. The maximum Gasteiger partial charge on any atom is 0.335 e. The Morgan fingerprint density at radius 1 is 1.05 bits per heavy atom. The highest BCUT2D eigenvalue weighted by atomic mass is 32.1. The number of halogens is 1. The van der Waals surface area contributed by atoms with Gasteiger partial charge in [-0.25, -0.2) is 9.18 Å². The summed E-state index contributed by atoms with van der Waals surface area (Å²) in [4.78, 5) is 50.5. The molecular weight excluding hydrogens is 501 g/mol. The van der Waals surface area contributed by atoms with E-state index >= 15 is 0 Å². The second-order valence-corrected chi connectivity index (χ2v) is 8.08. The predicted molar refractivity (Wildman–Crippen MR) is 137 cm³/mol. The Labute approximate surface area is 215 Å². The molecule has 37 heavy (non-hydrogen) atoms. The summed E-state index contributed by atoms with van der Waals surface area (Å²) in [5.74, 6) is -3.42. The van der Waals surface area contributed by atoms with Crippen LogP contribution in [0.5, 0.6) is 5.75 Å². The number of thiocarbonyl (C=S) groups is 1. The Morgan fingerprint density at radius 2 is 1.78 bits per heavy atom. The van der Waals surface area contributed by atoms with Crippen LogP contribution in [-0.2, 0) is 14.4 Å². The van der Waals surface area contributed by atoms with Crippen LogP contribution in [0.2, 0.25) is 0 Å². The van der Waals surface area contributed by atoms with E-state index in [1.54, 1.807) is 24.3 Å². The zero-order chi connectivity index (χ0) is 26.5. The van der Waals surface area contributed by atoms with Crippen LogP contribution in [0.25, 0.3) is 6.08 Å². The number of rotatable bonds is 7. The van der Waals surface area contributed by atoms with Crippen LogP contribution in [0.15, 0.2) is 78.4 Å². The van der Waals surface area contributed by atoms with Crippen LogP contribution < -0.4 is 20.3 Å². The van der Waals surface area contributed by atoms with Crippen molar-refractivity contribution >= 4 is 58.5 Å². The molecule has 9 nitrogen and oxygen atoms in total. The number of hydrogen-bond acceptors (Lipinski definition) is 6.